The summed E-state index contributed by atoms with van der Waals surface area (Å²) in [5.41, 5.74) is 1.21. The molecule has 1 N–H and O–H groups in total. The molecule has 21 heavy (non-hydrogen) atoms. The Bertz CT molecular complexity index is 456. The molecule has 0 spiro atoms. The van der Waals surface area contributed by atoms with Crippen LogP contribution in [0.15, 0.2) is 21.1 Å². The minimum atomic E-state index is 0.688. The fourth-order valence-electron chi connectivity index (χ4n) is 3.00. The van der Waals surface area contributed by atoms with E-state index in [2.05, 4.69) is 50.2 Å². The molecule has 4 heteroatoms. The fraction of sp³-hybridized carbons (Fsp3) is 0.647. The molecule has 2 nitrogen and oxygen atoms in total. The zero-order chi connectivity index (χ0) is 15.2. The van der Waals surface area contributed by atoms with Crippen molar-refractivity contribution >= 4 is 31.9 Å². The lowest BCUT2D eigenvalue weighted by molar-refractivity contribution is 0.280. The van der Waals surface area contributed by atoms with Crippen LogP contribution in [0.1, 0.15) is 45.1 Å². The third kappa shape index (κ3) is 5.26. The molecule has 0 radical (unpaired) electrons. The van der Waals surface area contributed by atoms with Crippen LogP contribution in [0, 0.1) is 11.8 Å². The molecule has 1 aromatic carbocycles. The van der Waals surface area contributed by atoms with Crippen LogP contribution in [-0.2, 0) is 6.54 Å². The van der Waals surface area contributed by atoms with E-state index in [4.69, 9.17) is 4.74 Å². The van der Waals surface area contributed by atoms with Gasteiger partial charge in [-0.3, -0.25) is 0 Å². The Morgan fingerprint density at radius 2 is 1.90 bits per heavy atom. The standard InChI is InChI=1S/C17H25Br2NO/c1-3-21-17-14(8-15(18)9-16(17)19)11-20-10-13-6-4-12(2)5-7-13/h8-9,12-13,20H,3-7,10-11H2,1-2H3. The summed E-state index contributed by atoms with van der Waals surface area (Å²) in [6.07, 6.45) is 5.52. The van der Waals surface area contributed by atoms with Gasteiger partial charge >= 0.3 is 0 Å². The average molecular weight is 419 g/mol. The van der Waals surface area contributed by atoms with Gasteiger partial charge < -0.3 is 10.1 Å². The molecule has 0 heterocycles. The summed E-state index contributed by atoms with van der Waals surface area (Å²) in [5.74, 6) is 2.73. The molecule has 0 aliphatic heterocycles. The van der Waals surface area contributed by atoms with Gasteiger partial charge in [-0.25, -0.2) is 0 Å². The van der Waals surface area contributed by atoms with Gasteiger partial charge in [-0.05, 0) is 66.2 Å². The van der Waals surface area contributed by atoms with E-state index in [0.29, 0.717) is 6.61 Å². The normalized spacial score (nSPS) is 22.3. The van der Waals surface area contributed by atoms with Crippen LogP contribution in [-0.4, -0.2) is 13.2 Å². The Hall–Kier alpha value is -0.0600. The third-order valence-electron chi connectivity index (χ3n) is 4.26. The van der Waals surface area contributed by atoms with Gasteiger partial charge in [0.25, 0.3) is 0 Å². The molecule has 118 valence electrons. The number of halogens is 2. The molecule has 0 atom stereocenters. The number of ether oxygens (including phenoxy) is 1. The van der Waals surface area contributed by atoms with Crippen LogP contribution in [0.4, 0.5) is 0 Å². The van der Waals surface area contributed by atoms with Crippen molar-refractivity contribution in [2.45, 2.75) is 46.1 Å². The van der Waals surface area contributed by atoms with Gasteiger partial charge in [0.1, 0.15) is 5.75 Å². The zero-order valence-electron chi connectivity index (χ0n) is 12.9. The lowest BCUT2D eigenvalue weighted by Gasteiger charge is -2.26. The SMILES string of the molecule is CCOc1c(Br)cc(Br)cc1CNCC1CCC(C)CC1. The van der Waals surface area contributed by atoms with Crippen molar-refractivity contribution in [1.29, 1.82) is 0 Å². The van der Waals surface area contributed by atoms with Crippen molar-refractivity contribution in [3.8, 4) is 5.75 Å². The molecule has 0 unspecified atom stereocenters. The number of hydrogen-bond acceptors (Lipinski definition) is 2. The van der Waals surface area contributed by atoms with Crippen molar-refractivity contribution in [2.75, 3.05) is 13.2 Å². The zero-order valence-corrected chi connectivity index (χ0v) is 16.1. The summed E-state index contributed by atoms with van der Waals surface area (Å²) < 4.78 is 7.87. The summed E-state index contributed by atoms with van der Waals surface area (Å²) in [6, 6.07) is 4.18. The molecule has 0 aromatic heterocycles. The van der Waals surface area contributed by atoms with E-state index in [1.165, 1.54) is 31.2 Å². The highest BCUT2D eigenvalue weighted by molar-refractivity contribution is 9.11. The van der Waals surface area contributed by atoms with E-state index < -0.39 is 0 Å². The first-order valence-electron chi connectivity index (χ1n) is 7.91. The van der Waals surface area contributed by atoms with E-state index in [1.807, 2.05) is 13.0 Å². The molecule has 0 saturated heterocycles. The lowest BCUT2D eigenvalue weighted by Crippen LogP contribution is -2.26. The van der Waals surface area contributed by atoms with Crippen LogP contribution in [0.3, 0.4) is 0 Å². The average Bonchev–Trinajstić information content (AvgIpc) is 2.44. The number of benzene rings is 1. The van der Waals surface area contributed by atoms with Gasteiger partial charge in [-0.2, -0.15) is 0 Å². The summed E-state index contributed by atoms with van der Waals surface area (Å²) in [4.78, 5) is 0. The van der Waals surface area contributed by atoms with Crippen molar-refractivity contribution in [3.63, 3.8) is 0 Å². The Balaban J connectivity index is 1.90. The number of hydrogen-bond donors (Lipinski definition) is 1. The monoisotopic (exact) mass is 417 g/mol. The first kappa shape index (κ1) is 17.3. The van der Waals surface area contributed by atoms with Crippen molar-refractivity contribution in [1.82, 2.24) is 5.32 Å². The first-order chi connectivity index (χ1) is 10.1. The van der Waals surface area contributed by atoms with E-state index in [-0.39, 0.29) is 0 Å². The van der Waals surface area contributed by atoms with Crippen molar-refractivity contribution in [3.05, 3.63) is 26.6 Å². The van der Waals surface area contributed by atoms with Gasteiger partial charge in [0.2, 0.25) is 0 Å². The smallest absolute Gasteiger partial charge is 0.138 e. The van der Waals surface area contributed by atoms with E-state index >= 15 is 0 Å². The van der Waals surface area contributed by atoms with Crippen molar-refractivity contribution in [2.24, 2.45) is 11.8 Å². The molecular weight excluding hydrogens is 394 g/mol. The van der Waals surface area contributed by atoms with Gasteiger partial charge in [0, 0.05) is 16.6 Å². The second kappa shape index (κ2) is 8.54. The van der Waals surface area contributed by atoms with E-state index in [1.54, 1.807) is 0 Å². The number of nitrogens with one attached hydrogen (secondary N) is 1. The predicted octanol–water partition coefficient (Wildman–Crippen LogP) is 5.53. The molecule has 1 fully saturated rings. The molecule has 2 rings (SSSR count). The van der Waals surface area contributed by atoms with Crippen LogP contribution >= 0.6 is 31.9 Å². The Kier molecular flexibility index (Phi) is 7.03. The van der Waals surface area contributed by atoms with Gasteiger partial charge in [0.05, 0.1) is 11.1 Å². The maximum atomic E-state index is 5.77. The largest absolute Gasteiger partial charge is 0.492 e. The molecule has 1 aliphatic rings. The van der Waals surface area contributed by atoms with Crippen LogP contribution in [0.25, 0.3) is 0 Å². The lowest BCUT2D eigenvalue weighted by atomic mass is 9.83. The van der Waals surface area contributed by atoms with E-state index in [0.717, 1.165) is 39.6 Å². The highest BCUT2D eigenvalue weighted by Gasteiger charge is 2.18. The predicted molar refractivity (Wildman–Crippen MR) is 95.8 cm³/mol. The summed E-state index contributed by atoms with van der Waals surface area (Å²) >= 11 is 7.15. The van der Waals surface area contributed by atoms with Crippen LogP contribution < -0.4 is 10.1 Å². The minimum absolute atomic E-state index is 0.688. The summed E-state index contributed by atoms with van der Waals surface area (Å²) in [7, 11) is 0. The molecular formula is C17H25Br2NO. The maximum absolute atomic E-state index is 5.77. The summed E-state index contributed by atoms with van der Waals surface area (Å²) in [5, 5.41) is 3.62. The molecule has 0 bridgehead atoms. The molecule has 1 aliphatic carbocycles. The molecule has 1 saturated carbocycles. The quantitative estimate of drug-likeness (QED) is 0.655. The minimum Gasteiger partial charge on any atom is -0.492 e. The highest BCUT2D eigenvalue weighted by atomic mass is 79.9. The Morgan fingerprint density at radius 3 is 2.57 bits per heavy atom. The topological polar surface area (TPSA) is 21.3 Å². The molecule has 1 aromatic rings. The van der Waals surface area contributed by atoms with Gasteiger partial charge in [0.15, 0.2) is 0 Å². The van der Waals surface area contributed by atoms with Crippen molar-refractivity contribution < 1.29 is 4.74 Å². The number of rotatable bonds is 6. The maximum Gasteiger partial charge on any atom is 0.138 e. The Morgan fingerprint density at radius 1 is 1.19 bits per heavy atom. The summed E-state index contributed by atoms with van der Waals surface area (Å²) in [6.45, 7) is 7.06. The highest BCUT2D eigenvalue weighted by Crippen LogP contribution is 2.33. The third-order valence-corrected chi connectivity index (χ3v) is 5.30. The first-order valence-corrected chi connectivity index (χ1v) is 9.50. The second-order valence-electron chi connectivity index (χ2n) is 6.07. The fourth-order valence-corrected chi connectivity index (χ4v) is 4.42. The van der Waals surface area contributed by atoms with Crippen LogP contribution in [0.5, 0.6) is 5.75 Å². The Labute approximate surface area is 145 Å². The van der Waals surface area contributed by atoms with Gasteiger partial charge in [-0.15, -0.1) is 0 Å². The van der Waals surface area contributed by atoms with Crippen LogP contribution in [0.2, 0.25) is 0 Å². The second-order valence-corrected chi connectivity index (χ2v) is 7.84. The van der Waals surface area contributed by atoms with E-state index in [9.17, 15) is 0 Å². The molecule has 0 amide bonds. The van der Waals surface area contributed by atoms with Gasteiger partial charge in [-0.1, -0.05) is 35.7 Å².